The van der Waals surface area contributed by atoms with Crippen molar-refractivity contribution in [1.82, 2.24) is 14.9 Å². The lowest BCUT2D eigenvalue weighted by Gasteiger charge is -2.30. The number of aromatic nitrogens is 2. The number of aromatic amines is 1. The predicted octanol–water partition coefficient (Wildman–Crippen LogP) is 4.92. The van der Waals surface area contributed by atoms with Gasteiger partial charge in [0.15, 0.2) is 6.10 Å². The number of aliphatic hydroxyl groups is 1. The number of amides is 1. The first-order valence-corrected chi connectivity index (χ1v) is 13.9. The molecule has 3 aromatic carbocycles. The fraction of sp³-hybridized carbons (Fsp3) is 0.303. The highest BCUT2D eigenvalue weighted by Gasteiger charge is 2.48. The minimum absolute atomic E-state index is 0.0587. The van der Waals surface area contributed by atoms with Gasteiger partial charge >= 0.3 is 0 Å². The number of hydrogen-bond acceptors (Lipinski definition) is 5. The van der Waals surface area contributed by atoms with Crippen molar-refractivity contribution in [2.24, 2.45) is 0 Å². The van der Waals surface area contributed by atoms with Crippen molar-refractivity contribution in [2.45, 2.75) is 57.3 Å². The molecule has 1 aliphatic heterocycles. The summed E-state index contributed by atoms with van der Waals surface area (Å²) < 4.78 is 5.82. The Labute approximate surface area is 233 Å². The van der Waals surface area contributed by atoms with Crippen LogP contribution in [-0.2, 0) is 23.2 Å². The summed E-state index contributed by atoms with van der Waals surface area (Å²) in [5, 5.41) is 11.1. The lowest BCUT2D eigenvalue weighted by atomic mass is 9.94. The third-order valence-corrected chi connectivity index (χ3v) is 7.89. The van der Waals surface area contributed by atoms with Gasteiger partial charge in [-0.05, 0) is 67.1 Å². The molecule has 2 aliphatic rings. The number of benzene rings is 3. The second kappa shape index (κ2) is 10.4. The van der Waals surface area contributed by atoms with E-state index >= 15 is 0 Å². The van der Waals surface area contributed by atoms with E-state index in [1.807, 2.05) is 74.5 Å². The highest BCUT2D eigenvalue weighted by atomic mass is 16.5. The second-order valence-corrected chi connectivity index (χ2v) is 11.0. The molecule has 0 spiro atoms. The number of hydrogen-bond donors (Lipinski definition) is 2. The maximum Gasteiger partial charge on any atom is 0.256 e. The standard InChI is InChI=1S/C33H33N3O4/c1-21(2)40-26-13-7-9-23(19-26)22-8-6-10-24(18-22)29(37)31(39)36-17-14-28-27(20-36)30(38)35-32(34-28)33(15-16-33)25-11-4-3-5-12-25/h3-13,18-19,21,29,37H,14-17,20H2,1-2H3,(H,34,35,38)/t29-/m1/s1. The van der Waals surface area contributed by atoms with Gasteiger partial charge in [0, 0.05) is 13.0 Å². The summed E-state index contributed by atoms with van der Waals surface area (Å²) in [6.45, 7) is 4.47. The number of carbonyl (C=O) groups excluding carboxylic acids is 1. The number of ether oxygens (including phenoxy) is 1. The number of nitrogens with zero attached hydrogens (tertiary/aromatic N) is 2. The van der Waals surface area contributed by atoms with Crippen LogP contribution in [-0.4, -0.2) is 38.5 Å². The maximum atomic E-state index is 13.4. The van der Waals surface area contributed by atoms with Crippen molar-refractivity contribution in [3.63, 3.8) is 0 Å². The van der Waals surface area contributed by atoms with E-state index in [0.29, 0.717) is 29.9 Å². The van der Waals surface area contributed by atoms with Crippen LogP contribution in [0.25, 0.3) is 11.1 Å². The Kier molecular flexibility index (Phi) is 6.76. The van der Waals surface area contributed by atoms with Crippen LogP contribution < -0.4 is 10.3 Å². The largest absolute Gasteiger partial charge is 0.491 e. The van der Waals surface area contributed by atoms with Gasteiger partial charge in [-0.3, -0.25) is 9.59 Å². The number of aliphatic hydroxyl groups excluding tert-OH is 1. The molecule has 7 heteroatoms. The van der Waals surface area contributed by atoms with E-state index in [4.69, 9.17) is 9.72 Å². The van der Waals surface area contributed by atoms with Gasteiger partial charge in [0.25, 0.3) is 11.5 Å². The minimum Gasteiger partial charge on any atom is -0.491 e. The number of nitrogens with one attached hydrogen (secondary N) is 1. The molecule has 7 nitrogen and oxygen atoms in total. The lowest BCUT2D eigenvalue weighted by molar-refractivity contribution is -0.141. The topological polar surface area (TPSA) is 95.5 Å². The van der Waals surface area contributed by atoms with E-state index in [9.17, 15) is 14.7 Å². The van der Waals surface area contributed by atoms with Crippen LogP contribution in [0.3, 0.4) is 0 Å². The van der Waals surface area contributed by atoms with Crippen LogP contribution in [0.2, 0.25) is 0 Å². The first-order chi connectivity index (χ1) is 19.3. The Morgan fingerprint density at radius 2 is 1.73 bits per heavy atom. The summed E-state index contributed by atoms with van der Waals surface area (Å²) >= 11 is 0. The first kappa shape index (κ1) is 26.0. The highest BCUT2D eigenvalue weighted by molar-refractivity contribution is 5.83. The molecule has 2 heterocycles. The Balaban J connectivity index is 1.20. The average Bonchev–Trinajstić information content (AvgIpc) is 3.79. The molecule has 1 aliphatic carbocycles. The van der Waals surface area contributed by atoms with E-state index < -0.39 is 12.0 Å². The van der Waals surface area contributed by atoms with Crippen molar-refractivity contribution in [3.8, 4) is 16.9 Å². The molecule has 1 atom stereocenters. The normalized spacial score (nSPS) is 16.4. The van der Waals surface area contributed by atoms with E-state index in [1.54, 1.807) is 11.0 Å². The zero-order valence-corrected chi connectivity index (χ0v) is 22.8. The molecule has 0 radical (unpaired) electrons. The summed E-state index contributed by atoms with van der Waals surface area (Å²) in [6.07, 6.45) is 1.09. The smallest absolute Gasteiger partial charge is 0.256 e. The minimum atomic E-state index is -1.34. The third-order valence-electron chi connectivity index (χ3n) is 7.89. The molecular weight excluding hydrogens is 502 g/mol. The SMILES string of the molecule is CC(C)Oc1cccc(-c2cccc([C@@H](O)C(=O)N3CCc4nc(C5(c6ccccc6)CC5)[nH]c(=O)c4C3)c2)c1. The second-order valence-electron chi connectivity index (χ2n) is 11.0. The van der Waals surface area contributed by atoms with E-state index in [2.05, 4.69) is 17.1 Å². The number of rotatable bonds is 7. The molecule has 0 bridgehead atoms. The molecule has 6 rings (SSSR count). The van der Waals surface area contributed by atoms with Crippen molar-refractivity contribution in [2.75, 3.05) is 6.54 Å². The molecule has 204 valence electrons. The van der Waals surface area contributed by atoms with E-state index in [-0.39, 0.29) is 23.6 Å². The summed E-state index contributed by atoms with van der Waals surface area (Å²) in [7, 11) is 0. The van der Waals surface area contributed by atoms with Gasteiger partial charge in [-0.15, -0.1) is 0 Å². The predicted molar refractivity (Wildman–Crippen MR) is 153 cm³/mol. The fourth-order valence-electron chi connectivity index (χ4n) is 5.61. The van der Waals surface area contributed by atoms with Crippen molar-refractivity contribution >= 4 is 5.91 Å². The van der Waals surface area contributed by atoms with E-state index in [0.717, 1.165) is 41.0 Å². The average molecular weight is 536 g/mol. The maximum absolute atomic E-state index is 13.4. The van der Waals surface area contributed by atoms with Crippen LogP contribution in [0.1, 0.15) is 61.0 Å². The quantitative estimate of drug-likeness (QED) is 0.350. The molecule has 2 N–H and O–H groups in total. The third kappa shape index (κ3) is 4.93. The van der Waals surface area contributed by atoms with Gasteiger partial charge in [0.05, 0.1) is 29.3 Å². The van der Waals surface area contributed by atoms with Crippen LogP contribution in [0.4, 0.5) is 0 Å². The van der Waals surface area contributed by atoms with Crippen LogP contribution in [0.15, 0.2) is 83.7 Å². The summed E-state index contributed by atoms with van der Waals surface area (Å²) in [5.41, 5.74) is 4.27. The fourth-order valence-corrected chi connectivity index (χ4v) is 5.61. The number of fused-ring (bicyclic) bond motifs is 1. The van der Waals surface area contributed by atoms with Gasteiger partial charge < -0.3 is 19.7 Å². The van der Waals surface area contributed by atoms with Gasteiger partial charge in [0.1, 0.15) is 11.6 Å². The Hall–Kier alpha value is -4.23. The molecule has 1 amide bonds. The Morgan fingerprint density at radius 1 is 1.00 bits per heavy atom. The number of carbonyl (C=O) groups is 1. The molecule has 40 heavy (non-hydrogen) atoms. The van der Waals surface area contributed by atoms with Gasteiger partial charge in [-0.1, -0.05) is 60.7 Å². The molecule has 0 unspecified atom stereocenters. The van der Waals surface area contributed by atoms with E-state index in [1.165, 1.54) is 0 Å². The summed E-state index contributed by atoms with van der Waals surface area (Å²) in [5.74, 6) is 1.05. The first-order valence-electron chi connectivity index (χ1n) is 13.9. The molecule has 4 aromatic rings. The summed E-state index contributed by atoms with van der Waals surface area (Å²) in [4.78, 5) is 36.0. The number of H-pyrrole nitrogens is 1. The van der Waals surface area contributed by atoms with Crippen LogP contribution in [0.5, 0.6) is 5.75 Å². The van der Waals surface area contributed by atoms with Gasteiger partial charge in [0.2, 0.25) is 0 Å². The highest BCUT2D eigenvalue weighted by Crippen LogP contribution is 2.52. The van der Waals surface area contributed by atoms with Gasteiger partial charge in [-0.25, -0.2) is 4.98 Å². The van der Waals surface area contributed by atoms with Crippen molar-refractivity contribution in [3.05, 3.63) is 117 Å². The van der Waals surface area contributed by atoms with Gasteiger partial charge in [-0.2, -0.15) is 0 Å². The van der Waals surface area contributed by atoms with Crippen LogP contribution in [0, 0.1) is 0 Å². The van der Waals surface area contributed by atoms with Crippen molar-refractivity contribution < 1.29 is 14.6 Å². The lowest BCUT2D eigenvalue weighted by Crippen LogP contribution is -2.42. The summed E-state index contributed by atoms with van der Waals surface area (Å²) in [6, 6.07) is 25.3. The molecular formula is C33H33N3O4. The Morgan fingerprint density at radius 3 is 2.45 bits per heavy atom. The Bertz CT molecular complexity index is 1610. The van der Waals surface area contributed by atoms with Crippen LogP contribution >= 0.6 is 0 Å². The monoisotopic (exact) mass is 535 g/mol. The molecule has 1 aromatic heterocycles. The van der Waals surface area contributed by atoms with Crippen molar-refractivity contribution in [1.29, 1.82) is 0 Å². The molecule has 1 saturated carbocycles. The molecule has 0 saturated heterocycles. The molecule has 1 fully saturated rings. The zero-order chi connectivity index (χ0) is 27.9. The zero-order valence-electron chi connectivity index (χ0n) is 22.8.